The Hall–Kier alpha value is -8.96. The number of aliphatic hydroxyl groups is 1. The number of Topliss-reactive ketones (excluding diaryl/α,β-unsaturated/α-hetero) is 1. The van der Waals surface area contributed by atoms with Crippen molar-refractivity contribution in [3.05, 3.63) is 65.9 Å². The van der Waals surface area contributed by atoms with Crippen LogP contribution in [0, 0.1) is 11.8 Å². The highest BCUT2D eigenvalue weighted by molar-refractivity contribution is 5.99. The number of likely N-dealkylation sites (N-methyl/N-ethyl adjacent to an activating group) is 1. The number of likely N-dealkylation sites (tertiary alicyclic amines) is 1. The lowest BCUT2D eigenvalue weighted by molar-refractivity contribution is -0.852. The summed E-state index contributed by atoms with van der Waals surface area (Å²) in [5.74, 6) is -8.65. The molecule has 90 heavy (non-hydrogen) atoms. The van der Waals surface area contributed by atoms with Gasteiger partial charge in [-0.15, -0.1) is 0 Å². The average Bonchev–Trinajstić information content (AvgIpc) is 1.60. The van der Waals surface area contributed by atoms with Crippen molar-refractivity contribution in [2.45, 2.75) is 166 Å². The molecule has 4 heterocycles. The van der Waals surface area contributed by atoms with Gasteiger partial charge in [0.05, 0.1) is 31.7 Å². The maximum atomic E-state index is 14.8. The number of ketones is 1. The van der Waals surface area contributed by atoms with Crippen LogP contribution in [-0.2, 0) is 65.6 Å². The molecular formula is C61H87N16O13+. The molecule has 0 spiro atoms. The highest BCUT2D eigenvalue weighted by Gasteiger charge is 2.56. The summed E-state index contributed by atoms with van der Waals surface area (Å²) in [6.45, 7) is 9.36. The predicted octanol–water partition coefficient (Wildman–Crippen LogP) is -1.78. The molecule has 0 radical (unpaired) electrons. The molecule has 2 aromatic carbocycles. The van der Waals surface area contributed by atoms with Gasteiger partial charge in [-0.3, -0.25) is 57.9 Å². The number of aliphatic hydroxyl groups excluding tert-OH is 1. The minimum absolute atomic E-state index is 0.000269. The van der Waals surface area contributed by atoms with Gasteiger partial charge in [-0.1, -0.05) is 58.0 Å². The van der Waals surface area contributed by atoms with E-state index in [1.165, 1.54) is 43.7 Å². The monoisotopic (exact) mass is 1250 g/mol. The number of amides is 9. The van der Waals surface area contributed by atoms with E-state index in [9.17, 15) is 57.8 Å². The van der Waals surface area contributed by atoms with Crippen molar-refractivity contribution >= 4 is 94.3 Å². The van der Waals surface area contributed by atoms with Crippen molar-refractivity contribution in [2.75, 3.05) is 32.8 Å². The van der Waals surface area contributed by atoms with Crippen molar-refractivity contribution in [3.8, 4) is 5.75 Å². The normalized spacial score (nSPS) is 20.0. The number of aromatic amines is 1. The first-order chi connectivity index (χ1) is 42.8. The molecule has 1 aromatic heterocycles. The Kier molecular flexibility index (Phi) is 25.7. The van der Waals surface area contributed by atoms with Crippen molar-refractivity contribution in [2.24, 2.45) is 44.0 Å². The summed E-state index contributed by atoms with van der Waals surface area (Å²) >= 11 is 0. The topological polar surface area (TPSA) is 444 Å². The van der Waals surface area contributed by atoms with Crippen molar-refractivity contribution in [3.63, 3.8) is 0 Å². The standard InChI is InChI=1S/C61H86N16O13/c1-7-77(30-39(80)27-51(77)52(62)81)60(89)44(15-11-21-67-61(63)64)70-54(83)45(22-33(2)3)71-55(84)46(23-34(4)5)72-56(85)47(24-36-16-18-40(19-17-36)90-35(6)79)73-59(88)50(31-78)76-57(86)48(25-37-28-68-42-13-9-8-12-41(37)42)74-58(87)49(26-38-29-65-32-69-38)75-53(82)43-14-10-20-66-43/h8-9,12-13,16-19,28-29,32-34,38,43-51,66,68,78H,7,10-11,14-15,20-27,30-31H2,1-6H3,(H12-,62,63,64,67,70,71,72,73,74,75,76,81,82,83,84,85,86,87,88)/p+1/t38?,43-,44-,45-,46+,47-,48-,49-,50-,51-,77?/m0/s1. The van der Waals surface area contributed by atoms with Crippen LogP contribution in [0.2, 0.25) is 0 Å². The minimum Gasteiger partial charge on any atom is -0.427 e. The number of nitrogens with zero attached hydrogens (tertiary/aromatic N) is 4. The van der Waals surface area contributed by atoms with Crippen molar-refractivity contribution in [1.29, 1.82) is 0 Å². The molecule has 6 rings (SSSR count). The smallest absolute Gasteiger partial charge is 0.337 e. The van der Waals surface area contributed by atoms with Crippen molar-refractivity contribution in [1.82, 2.24) is 47.5 Å². The first-order valence-corrected chi connectivity index (χ1v) is 30.4. The summed E-state index contributed by atoms with van der Waals surface area (Å²) in [7, 11) is 0. The van der Waals surface area contributed by atoms with E-state index in [-0.39, 0.29) is 100 Å². The number of quaternary nitrogens is 1. The number of ether oxygens (including phenoxy) is 1. The highest BCUT2D eigenvalue weighted by atomic mass is 16.5. The Morgan fingerprint density at radius 1 is 0.744 bits per heavy atom. The zero-order valence-corrected chi connectivity index (χ0v) is 51.8. The molecule has 2 saturated heterocycles. The van der Waals surface area contributed by atoms with Gasteiger partial charge >= 0.3 is 11.9 Å². The van der Waals surface area contributed by atoms with E-state index in [0.717, 1.165) is 17.3 Å². The number of rotatable bonds is 33. The molecule has 0 saturated carbocycles. The van der Waals surface area contributed by atoms with E-state index in [1.54, 1.807) is 46.9 Å². The first kappa shape index (κ1) is 70.1. The number of H-pyrrole nitrogens is 1. The third-order valence-corrected chi connectivity index (χ3v) is 15.9. The Balaban J connectivity index is 1.26. The first-order valence-electron chi connectivity index (χ1n) is 30.4. The summed E-state index contributed by atoms with van der Waals surface area (Å²) < 4.78 is 4.56. The van der Waals surface area contributed by atoms with Crippen LogP contribution in [0.4, 0.5) is 0 Å². The third-order valence-electron chi connectivity index (χ3n) is 15.9. The molecular weight excluding hydrogens is 1160 g/mol. The van der Waals surface area contributed by atoms with E-state index in [1.807, 2.05) is 18.2 Å². The number of carbonyl (C=O) groups is 11. The largest absolute Gasteiger partial charge is 0.427 e. The van der Waals surface area contributed by atoms with Gasteiger partial charge in [-0.25, -0.2) is 14.3 Å². The quantitative estimate of drug-likeness (QED) is 0.00801. The van der Waals surface area contributed by atoms with Crippen LogP contribution in [0.1, 0.15) is 104 Å². The number of fused-ring (bicyclic) bond motifs is 1. The van der Waals surface area contributed by atoms with Crippen LogP contribution in [0.5, 0.6) is 5.75 Å². The number of aromatic nitrogens is 1. The fourth-order valence-corrected chi connectivity index (χ4v) is 11.4. The number of guanidine groups is 1. The zero-order chi connectivity index (χ0) is 65.8. The lowest BCUT2D eigenvalue weighted by Crippen LogP contribution is -2.66. The maximum Gasteiger partial charge on any atom is 0.337 e. The lowest BCUT2D eigenvalue weighted by atomic mass is 9.98. The van der Waals surface area contributed by atoms with Gasteiger partial charge in [0.15, 0.2) is 17.8 Å². The molecule has 3 aliphatic rings. The van der Waals surface area contributed by atoms with E-state index >= 15 is 0 Å². The summed E-state index contributed by atoms with van der Waals surface area (Å²) in [5.41, 5.74) is 18.6. The maximum absolute atomic E-state index is 14.8. The van der Waals surface area contributed by atoms with Crippen LogP contribution in [-0.4, -0.2) is 191 Å². The van der Waals surface area contributed by atoms with Gasteiger partial charge in [-0.05, 0) is 93.2 Å². The van der Waals surface area contributed by atoms with Crippen LogP contribution < -0.4 is 64.5 Å². The number of para-hydroxylation sites is 1. The molecule has 2 fully saturated rings. The fourth-order valence-electron chi connectivity index (χ4n) is 11.4. The van der Waals surface area contributed by atoms with Crippen molar-refractivity contribution < 1.29 is 67.1 Å². The van der Waals surface area contributed by atoms with Crippen LogP contribution in [0.25, 0.3) is 10.9 Å². The molecule has 0 bridgehead atoms. The zero-order valence-electron chi connectivity index (χ0n) is 51.8. The van der Waals surface area contributed by atoms with Gasteiger partial charge < -0.3 is 74.6 Å². The van der Waals surface area contributed by atoms with E-state index in [2.05, 4.69) is 62.5 Å². The third kappa shape index (κ3) is 19.8. The number of nitrogens with one attached hydrogen (secondary N) is 9. The number of aliphatic imine (C=N–C) groups is 3. The minimum atomic E-state index is -1.76. The Morgan fingerprint density at radius 2 is 1.32 bits per heavy atom. The Morgan fingerprint density at radius 3 is 1.88 bits per heavy atom. The molecule has 3 aliphatic heterocycles. The van der Waals surface area contributed by atoms with Crippen LogP contribution in [0.3, 0.4) is 0 Å². The molecule has 29 nitrogen and oxygen atoms in total. The van der Waals surface area contributed by atoms with Gasteiger partial charge in [0.25, 0.3) is 5.91 Å². The molecule has 11 atom stereocenters. The number of primary amides is 1. The average molecular weight is 1250 g/mol. The van der Waals surface area contributed by atoms with Crippen LogP contribution >= 0.6 is 0 Å². The predicted molar refractivity (Wildman–Crippen MR) is 333 cm³/mol. The highest BCUT2D eigenvalue weighted by Crippen LogP contribution is 2.28. The molecule has 3 aromatic rings. The molecule has 2 unspecified atom stereocenters. The molecule has 29 heteroatoms. The number of hydrogen-bond donors (Lipinski definition) is 13. The number of carbonyl (C=O) groups excluding carboxylic acids is 11. The molecule has 0 aliphatic carbocycles. The van der Waals surface area contributed by atoms with Gasteiger partial charge in [0.1, 0.15) is 60.9 Å². The second-order valence-corrected chi connectivity index (χ2v) is 23.8. The summed E-state index contributed by atoms with van der Waals surface area (Å²) in [4.78, 5) is 168. The van der Waals surface area contributed by atoms with E-state index in [0.29, 0.717) is 24.1 Å². The Labute approximate surface area is 521 Å². The summed E-state index contributed by atoms with van der Waals surface area (Å²) in [5, 5.41) is 33.7. The molecule has 488 valence electrons. The fraction of sp³-hybridized carbons (Fsp3) is 0.541. The number of hydrogen-bond acceptors (Lipinski definition) is 17. The SMILES string of the molecule is CC[N+]1(C(=O)[C@H](CCCN=C(N)N)NC(=O)[C@H](CC(C)C)NC(=O)[C@@H](CC(C)C)NC(=O)[C@H](Cc2ccc(OC(C)=O)cc2)NC(=O)[C@H](CO)NC(=O)[C@H](Cc2c[nH]c3ccccc23)NC(=O)[C@H](CC2C=NC=N2)NC(=O)[C@@H]2CCCN2)CC(=O)C[C@H]1C(N)=O. The van der Waals surface area contributed by atoms with Gasteiger partial charge in [-0.2, -0.15) is 0 Å². The molecule has 16 N–H and O–H groups in total. The van der Waals surface area contributed by atoms with E-state index < -0.39 is 131 Å². The number of esters is 1. The Bertz CT molecular complexity index is 3160. The van der Waals surface area contributed by atoms with Gasteiger partial charge in [0, 0.05) is 56.0 Å². The van der Waals surface area contributed by atoms with Gasteiger partial charge in [0.2, 0.25) is 41.4 Å². The molecule has 9 amide bonds. The van der Waals surface area contributed by atoms with Crippen LogP contribution in [0.15, 0.2) is 69.7 Å². The summed E-state index contributed by atoms with van der Waals surface area (Å²) in [6.07, 6.45) is 5.31. The lowest BCUT2D eigenvalue weighted by Gasteiger charge is -2.37. The summed E-state index contributed by atoms with van der Waals surface area (Å²) in [6, 6.07) is 0.978. The van der Waals surface area contributed by atoms with E-state index in [4.69, 9.17) is 21.9 Å². The second-order valence-electron chi connectivity index (χ2n) is 23.8. The second kappa shape index (κ2) is 33.0. The number of nitrogens with two attached hydrogens (primary N) is 3. The number of benzene rings is 2.